The summed E-state index contributed by atoms with van der Waals surface area (Å²) < 4.78 is 17.5. The lowest BCUT2D eigenvalue weighted by atomic mass is 9.95. The third-order valence-corrected chi connectivity index (χ3v) is 4.44. The molecular formula is C19H19FN4S. The molecule has 3 N–H and O–H groups in total. The van der Waals surface area contributed by atoms with Crippen LogP contribution in [0, 0.1) is 5.82 Å². The number of benzene rings is 1. The lowest BCUT2D eigenvalue weighted by Crippen LogP contribution is -1.99. The van der Waals surface area contributed by atoms with Crippen molar-refractivity contribution < 1.29 is 4.39 Å². The second-order valence-electron chi connectivity index (χ2n) is 5.87. The van der Waals surface area contributed by atoms with E-state index in [0.717, 1.165) is 16.2 Å². The fraction of sp³-hybridized carbons (Fsp3) is 0.158. The quantitative estimate of drug-likeness (QED) is 0.624. The summed E-state index contributed by atoms with van der Waals surface area (Å²) in [4.78, 5) is 8.66. The number of nitrogens with zero attached hydrogens (tertiary/aromatic N) is 2. The molecule has 0 radical (unpaired) electrons. The van der Waals surface area contributed by atoms with E-state index in [1.165, 1.54) is 18.0 Å². The van der Waals surface area contributed by atoms with Crippen molar-refractivity contribution in [2.45, 2.75) is 24.8 Å². The van der Waals surface area contributed by atoms with Crippen LogP contribution in [0.15, 0.2) is 59.6 Å². The summed E-state index contributed by atoms with van der Waals surface area (Å²) >= 11 is 1.28. The van der Waals surface area contributed by atoms with E-state index in [9.17, 15) is 4.39 Å². The number of hydrogen-bond donors (Lipinski definition) is 2. The van der Waals surface area contributed by atoms with Gasteiger partial charge in [-0.05, 0) is 35.7 Å². The summed E-state index contributed by atoms with van der Waals surface area (Å²) in [6.07, 6.45) is 0. The lowest BCUT2D eigenvalue weighted by molar-refractivity contribution is 0.625. The molecule has 0 aliphatic heterocycles. The van der Waals surface area contributed by atoms with Gasteiger partial charge in [-0.1, -0.05) is 44.2 Å². The van der Waals surface area contributed by atoms with Crippen LogP contribution in [0.25, 0.3) is 11.3 Å². The molecule has 3 rings (SSSR count). The van der Waals surface area contributed by atoms with Gasteiger partial charge in [0.15, 0.2) is 0 Å². The first kappa shape index (κ1) is 17.2. The molecule has 0 fully saturated rings. The van der Waals surface area contributed by atoms with E-state index in [1.807, 2.05) is 36.4 Å². The number of nitrogen functional groups attached to an aromatic ring is 1. The predicted octanol–water partition coefficient (Wildman–Crippen LogP) is 5.11. The standard InChI is InChI=1S/C19H19FN4S/c1-12(2)13-6-3-4-7-14(13)19-15(20)10-11-17(23-19)24-25-18-9-5-8-16(21)22-18/h3-12H,1-2H3,(H2,21,22)(H,23,24). The Morgan fingerprint density at radius 2 is 1.80 bits per heavy atom. The highest BCUT2D eigenvalue weighted by atomic mass is 32.2. The average Bonchev–Trinajstić information content (AvgIpc) is 2.61. The fourth-order valence-corrected chi connectivity index (χ4v) is 3.12. The molecule has 1 aromatic carbocycles. The molecule has 4 nitrogen and oxygen atoms in total. The second-order valence-corrected chi connectivity index (χ2v) is 6.70. The minimum atomic E-state index is -0.342. The second kappa shape index (κ2) is 7.53. The zero-order chi connectivity index (χ0) is 17.8. The number of pyridine rings is 2. The van der Waals surface area contributed by atoms with Gasteiger partial charge in [-0.3, -0.25) is 0 Å². The van der Waals surface area contributed by atoms with Crippen molar-refractivity contribution in [3.63, 3.8) is 0 Å². The Kier molecular flexibility index (Phi) is 5.19. The van der Waals surface area contributed by atoms with Gasteiger partial charge in [-0.2, -0.15) is 0 Å². The first-order valence-corrected chi connectivity index (χ1v) is 8.77. The zero-order valence-electron chi connectivity index (χ0n) is 14.0. The van der Waals surface area contributed by atoms with Crippen LogP contribution in [0.1, 0.15) is 25.3 Å². The minimum absolute atomic E-state index is 0.278. The number of anilines is 2. The van der Waals surface area contributed by atoms with Crippen molar-refractivity contribution in [1.29, 1.82) is 0 Å². The van der Waals surface area contributed by atoms with Crippen LogP contribution in [0.2, 0.25) is 0 Å². The predicted molar refractivity (Wildman–Crippen MR) is 102 cm³/mol. The lowest BCUT2D eigenvalue weighted by Gasteiger charge is -2.14. The number of hydrogen-bond acceptors (Lipinski definition) is 5. The monoisotopic (exact) mass is 354 g/mol. The van der Waals surface area contributed by atoms with Crippen molar-refractivity contribution >= 4 is 23.6 Å². The molecule has 0 saturated carbocycles. The van der Waals surface area contributed by atoms with E-state index in [0.29, 0.717) is 17.3 Å². The summed E-state index contributed by atoms with van der Waals surface area (Å²) in [6, 6.07) is 16.2. The molecule has 0 amide bonds. The summed E-state index contributed by atoms with van der Waals surface area (Å²) in [7, 11) is 0. The van der Waals surface area contributed by atoms with Gasteiger partial charge in [-0.15, -0.1) is 0 Å². The zero-order valence-corrected chi connectivity index (χ0v) is 14.8. The maximum absolute atomic E-state index is 14.4. The van der Waals surface area contributed by atoms with E-state index >= 15 is 0 Å². The van der Waals surface area contributed by atoms with Crippen LogP contribution in [0.5, 0.6) is 0 Å². The molecule has 128 valence electrons. The van der Waals surface area contributed by atoms with Crippen LogP contribution in [0.3, 0.4) is 0 Å². The maximum atomic E-state index is 14.4. The molecule has 0 saturated heterocycles. The molecule has 6 heteroatoms. The Hall–Kier alpha value is -2.60. The van der Waals surface area contributed by atoms with Gasteiger partial charge in [0.2, 0.25) is 0 Å². The van der Waals surface area contributed by atoms with Crippen LogP contribution in [-0.4, -0.2) is 9.97 Å². The van der Waals surface area contributed by atoms with Crippen molar-refractivity contribution in [3.8, 4) is 11.3 Å². The molecular weight excluding hydrogens is 335 g/mol. The van der Waals surface area contributed by atoms with E-state index in [4.69, 9.17) is 5.73 Å². The van der Waals surface area contributed by atoms with Gasteiger partial charge >= 0.3 is 0 Å². The number of aromatic nitrogens is 2. The highest BCUT2D eigenvalue weighted by Crippen LogP contribution is 2.31. The van der Waals surface area contributed by atoms with E-state index in [1.54, 1.807) is 12.1 Å². The van der Waals surface area contributed by atoms with E-state index in [-0.39, 0.29) is 11.7 Å². The minimum Gasteiger partial charge on any atom is -0.384 e. The summed E-state index contributed by atoms with van der Waals surface area (Å²) in [5, 5.41) is 0.718. The summed E-state index contributed by atoms with van der Waals surface area (Å²) in [6.45, 7) is 4.17. The molecule has 3 aromatic rings. The van der Waals surface area contributed by atoms with Crippen LogP contribution < -0.4 is 10.5 Å². The van der Waals surface area contributed by atoms with Gasteiger partial charge in [0.05, 0.1) is 0 Å². The third-order valence-electron chi connectivity index (χ3n) is 3.69. The fourth-order valence-electron chi connectivity index (χ4n) is 2.50. The van der Waals surface area contributed by atoms with Crippen molar-refractivity contribution in [1.82, 2.24) is 9.97 Å². The SMILES string of the molecule is CC(C)c1ccccc1-c1nc(NSc2cccc(N)n2)ccc1F. The molecule has 2 aromatic heterocycles. The van der Waals surface area contributed by atoms with E-state index in [2.05, 4.69) is 28.5 Å². The smallest absolute Gasteiger partial charge is 0.149 e. The van der Waals surface area contributed by atoms with Gasteiger partial charge in [-0.25, -0.2) is 14.4 Å². The molecule has 0 aliphatic carbocycles. The van der Waals surface area contributed by atoms with Crippen LogP contribution in [0.4, 0.5) is 16.0 Å². The van der Waals surface area contributed by atoms with Gasteiger partial charge in [0.1, 0.15) is 28.2 Å². The largest absolute Gasteiger partial charge is 0.384 e. The first-order valence-electron chi connectivity index (χ1n) is 7.96. The third kappa shape index (κ3) is 4.09. The van der Waals surface area contributed by atoms with Gasteiger partial charge < -0.3 is 10.5 Å². The Balaban J connectivity index is 1.89. The molecule has 0 spiro atoms. The molecule has 0 atom stereocenters. The molecule has 0 bridgehead atoms. The molecule has 25 heavy (non-hydrogen) atoms. The first-order chi connectivity index (χ1) is 12.0. The van der Waals surface area contributed by atoms with Crippen molar-refractivity contribution in [3.05, 3.63) is 66.0 Å². The Bertz CT molecular complexity index is 883. The number of nitrogens with two attached hydrogens (primary N) is 1. The van der Waals surface area contributed by atoms with Crippen molar-refractivity contribution in [2.24, 2.45) is 0 Å². The number of nitrogens with one attached hydrogen (secondary N) is 1. The Morgan fingerprint density at radius 3 is 2.56 bits per heavy atom. The van der Waals surface area contributed by atoms with Gasteiger partial charge in [0.25, 0.3) is 0 Å². The molecule has 0 aliphatic rings. The summed E-state index contributed by atoms with van der Waals surface area (Å²) in [5.74, 6) is 0.945. The normalized spacial score (nSPS) is 10.9. The van der Waals surface area contributed by atoms with E-state index < -0.39 is 0 Å². The van der Waals surface area contributed by atoms with Gasteiger partial charge in [0, 0.05) is 17.5 Å². The topological polar surface area (TPSA) is 63.8 Å². The highest BCUT2D eigenvalue weighted by Gasteiger charge is 2.14. The van der Waals surface area contributed by atoms with Crippen LogP contribution >= 0.6 is 11.9 Å². The summed E-state index contributed by atoms with van der Waals surface area (Å²) in [5.41, 5.74) is 7.89. The average molecular weight is 354 g/mol. The number of rotatable bonds is 5. The molecule has 0 unspecified atom stereocenters. The number of halogens is 1. The van der Waals surface area contributed by atoms with Crippen molar-refractivity contribution in [2.75, 3.05) is 10.5 Å². The maximum Gasteiger partial charge on any atom is 0.149 e. The Morgan fingerprint density at radius 1 is 1.00 bits per heavy atom. The molecule has 2 heterocycles. The van der Waals surface area contributed by atoms with Crippen LogP contribution in [-0.2, 0) is 0 Å². The Labute approximate surface area is 150 Å². The highest BCUT2D eigenvalue weighted by molar-refractivity contribution is 8.00.